The predicted octanol–water partition coefficient (Wildman–Crippen LogP) is 1.17. The Balaban J connectivity index is 1.95. The number of nitrogens with zero attached hydrogens (tertiary/aromatic N) is 6. The van der Waals surface area contributed by atoms with Gasteiger partial charge in [0.1, 0.15) is 18.9 Å². The molecule has 0 aromatic carbocycles. The fourth-order valence-electron chi connectivity index (χ4n) is 3.13. The Hall–Kier alpha value is -2.38. The zero-order valence-electron chi connectivity index (χ0n) is 14.6. The van der Waals surface area contributed by atoms with Crippen LogP contribution in [0, 0.1) is 22.7 Å². The van der Waals surface area contributed by atoms with Gasteiger partial charge in [-0.1, -0.05) is 13.8 Å². The highest BCUT2D eigenvalue weighted by atomic mass is 16.2. The molecule has 1 aromatic rings. The van der Waals surface area contributed by atoms with Gasteiger partial charge < -0.3 is 9.47 Å². The first kappa shape index (κ1) is 18.0. The van der Waals surface area contributed by atoms with E-state index in [2.05, 4.69) is 30.4 Å². The van der Waals surface area contributed by atoms with Crippen molar-refractivity contribution in [3.8, 4) is 12.1 Å². The lowest BCUT2D eigenvalue weighted by Crippen LogP contribution is -2.37. The zero-order chi connectivity index (χ0) is 17.7. The second kappa shape index (κ2) is 7.94. The van der Waals surface area contributed by atoms with Crippen LogP contribution < -0.4 is 0 Å². The Morgan fingerprint density at radius 1 is 1.33 bits per heavy atom. The van der Waals surface area contributed by atoms with Crippen molar-refractivity contribution >= 4 is 5.91 Å². The minimum Gasteiger partial charge on any atom is -0.335 e. The van der Waals surface area contributed by atoms with E-state index in [1.54, 1.807) is 0 Å². The maximum Gasteiger partial charge on any atom is 0.225 e. The van der Waals surface area contributed by atoms with E-state index in [0.29, 0.717) is 18.9 Å². The van der Waals surface area contributed by atoms with Gasteiger partial charge in [-0.15, -0.1) is 0 Å². The van der Waals surface area contributed by atoms with E-state index in [0.717, 1.165) is 31.0 Å². The van der Waals surface area contributed by atoms with E-state index in [4.69, 9.17) is 15.5 Å². The summed E-state index contributed by atoms with van der Waals surface area (Å²) in [5, 5.41) is 17.5. The summed E-state index contributed by atoms with van der Waals surface area (Å²) in [6, 6.07) is 3.86. The number of hydrogen-bond acceptors (Lipinski definition) is 5. The largest absolute Gasteiger partial charge is 0.335 e. The zero-order valence-corrected chi connectivity index (χ0v) is 14.6. The standard InChI is InChI=1S/C17H24N6O/c1-13(2)17-20-14-12-22(8-4-15(14)21(17)3)9-5-16(24)23(10-6-18)11-7-19/h13H,4-5,8-12H2,1-3H3. The molecule has 0 aliphatic carbocycles. The fraction of sp³-hybridized carbons (Fsp3) is 0.647. The number of nitriles is 2. The molecule has 1 aliphatic rings. The van der Waals surface area contributed by atoms with Crippen molar-refractivity contribution in [3.05, 3.63) is 17.2 Å². The fourth-order valence-corrected chi connectivity index (χ4v) is 3.13. The highest BCUT2D eigenvalue weighted by molar-refractivity contribution is 5.76. The van der Waals surface area contributed by atoms with Crippen LogP contribution in [0.25, 0.3) is 0 Å². The van der Waals surface area contributed by atoms with Crippen LogP contribution in [0.4, 0.5) is 0 Å². The maximum atomic E-state index is 12.1. The molecule has 128 valence electrons. The molecular formula is C17H24N6O. The van der Waals surface area contributed by atoms with Gasteiger partial charge in [-0.25, -0.2) is 4.98 Å². The van der Waals surface area contributed by atoms with E-state index in [9.17, 15) is 4.79 Å². The average molecular weight is 328 g/mol. The van der Waals surface area contributed by atoms with Crippen molar-refractivity contribution in [2.24, 2.45) is 7.05 Å². The maximum absolute atomic E-state index is 12.1. The van der Waals surface area contributed by atoms with Crippen LogP contribution in [0.2, 0.25) is 0 Å². The molecule has 2 rings (SSSR count). The van der Waals surface area contributed by atoms with E-state index in [-0.39, 0.29) is 19.0 Å². The summed E-state index contributed by atoms with van der Waals surface area (Å²) in [6.07, 6.45) is 1.25. The molecule has 7 heteroatoms. The molecule has 0 N–H and O–H groups in total. The van der Waals surface area contributed by atoms with E-state index >= 15 is 0 Å². The molecule has 0 bridgehead atoms. The molecule has 1 aromatic heterocycles. The topological polar surface area (TPSA) is 88.9 Å². The van der Waals surface area contributed by atoms with Gasteiger partial charge in [0.2, 0.25) is 5.91 Å². The molecule has 0 fully saturated rings. The molecule has 2 heterocycles. The van der Waals surface area contributed by atoms with E-state index < -0.39 is 0 Å². The second-order valence-corrected chi connectivity index (χ2v) is 6.42. The monoisotopic (exact) mass is 328 g/mol. The minimum absolute atomic E-state index is 0.0332. The first-order valence-electron chi connectivity index (χ1n) is 8.26. The number of aromatic nitrogens is 2. The van der Waals surface area contributed by atoms with Crippen LogP contribution >= 0.6 is 0 Å². The van der Waals surface area contributed by atoms with Gasteiger partial charge >= 0.3 is 0 Å². The SMILES string of the molecule is CC(C)c1nc2c(n1C)CCN(CCC(=O)N(CC#N)CC#N)C2. The average Bonchev–Trinajstić information content (AvgIpc) is 2.89. The summed E-state index contributed by atoms with van der Waals surface area (Å²) in [6.45, 7) is 6.49. The van der Waals surface area contributed by atoms with Crippen LogP contribution in [0.1, 0.15) is 43.4 Å². The van der Waals surface area contributed by atoms with Crippen molar-refractivity contribution in [2.45, 2.75) is 39.2 Å². The molecular weight excluding hydrogens is 304 g/mol. The third kappa shape index (κ3) is 3.93. The molecule has 0 unspecified atom stereocenters. The molecule has 0 saturated heterocycles. The Labute approximate surface area is 143 Å². The van der Waals surface area contributed by atoms with Gasteiger partial charge in [-0.05, 0) is 0 Å². The van der Waals surface area contributed by atoms with Gasteiger partial charge in [0.15, 0.2) is 0 Å². The molecule has 0 spiro atoms. The lowest BCUT2D eigenvalue weighted by atomic mass is 10.1. The number of fused-ring (bicyclic) bond motifs is 1. The number of carbonyl (C=O) groups is 1. The normalized spacial score (nSPS) is 14.1. The predicted molar refractivity (Wildman–Crippen MR) is 88.7 cm³/mol. The molecule has 0 atom stereocenters. The first-order valence-corrected chi connectivity index (χ1v) is 8.26. The Morgan fingerprint density at radius 2 is 2.00 bits per heavy atom. The summed E-state index contributed by atoms with van der Waals surface area (Å²) in [7, 11) is 2.07. The Bertz CT molecular complexity index is 662. The Morgan fingerprint density at radius 3 is 2.58 bits per heavy atom. The summed E-state index contributed by atoms with van der Waals surface area (Å²) in [4.78, 5) is 20.4. The lowest BCUT2D eigenvalue weighted by Gasteiger charge is -2.27. The molecule has 1 amide bonds. The number of amides is 1. The van der Waals surface area contributed by atoms with Crippen molar-refractivity contribution in [2.75, 3.05) is 26.2 Å². The van der Waals surface area contributed by atoms with Gasteiger partial charge in [-0.3, -0.25) is 9.69 Å². The quantitative estimate of drug-likeness (QED) is 0.731. The number of carbonyl (C=O) groups excluding carboxylic acids is 1. The van der Waals surface area contributed by atoms with Crippen molar-refractivity contribution in [1.82, 2.24) is 19.4 Å². The summed E-state index contributed by atoms with van der Waals surface area (Å²) >= 11 is 0. The summed E-state index contributed by atoms with van der Waals surface area (Å²) in [5.41, 5.74) is 2.39. The van der Waals surface area contributed by atoms with Crippen LogP contribution in [0.15, 0.2) is 0 Å². The lowest BCUT2D eigenvalue weighted by molar-refractivity contribution is -0.130. The van der Waals surface area contributed by atoms with Crippen LogP contribution in [-0.4, -0.2) is 51.4 Å². The van der Waals surface area contributed by atoms with Crippen molar-refractivity contribution in [1.29, 1.82) is 10.5 Å². The highest BCUT2D eigenvalue weighted by Crippen LogP contribution is 2.23. The highest BCUT2D eigenvalue weighted by Gasteiger charge is 2.24. The number of hydrogen-bond donors (Lipinski definition) is 0. The van der Waals surface area contributed by atoms with Crippen LogP contribution in [-0.2, 0) is 24.8 Å². The summed E-state index contributed by atoms with van der Waals surface area (Å²) < 4.78 is 2.20. The number of imidazole rings is 1. The van der Waals surface area contributed by atoms with Crippen LogP contribution in [0.5, 0.6) is 0 Å². The second-order valence-electron chi connectivity index (χ2n) is 6.42. The third-order valence-corrected chi connectivity index (χ3v) is 4.40. The molecule has 24 heavy (non-hydrogen) atoms. The molecule has 0 saturated carbocycles. The van der Waals surface area contributed by atoms with Gasteiger partial charge in [0, 0.05) is 51.1 Å². The smallest absolute Gasteiger partial charge is 0.225 e. The molecule has 0 radical (unpaired) electrons. The molecule has 7 nitrogen and oxygen atoms in total. The van der Waals surface area contributed by atoms with E-state index in [1.807, 2.05) is 12.1 Å². The Kier molecular flexibility index (Phi) is 5.94. The first-order chi connectivity index (χ1) is 11.5. The van der Waals surface area contributed by atoms with Crippen molar-refractivity contribution in [3.63, 3.8) is 0 Å². The van der Waals surface area contributed by atoms with E-state index in [1.165, 1.54) is 10.6 Å². The van der Waals surface area contributed by atoms with Gasteiger partial charge in [-0.2, -0.15) is 10.5 Å². The van der Waals surface area contributed by atoms with Crippen molar-refractivity contribution < 1.29 is 4.79 Å². The van der Waals surface area contributed by atoms with Crippen LogP contribution in [0.3, 0.4) is 0 Å². The summed E-state index contributed by atoms with van der Waals surface area (Å²) in [5.74, 6) is 1.35. The third-order valence-electron chi connectivity index (χ3n) is 4.40. The van der Waals surface area contributed by atoms with Gasteiger partial charge in [0.05, 0.1) is 17.8 Å². The van der Waals surface area contributed by atoms with Gasteiger partial charge in [0.25, 0.3) is 0 Å². The molecule has 1 aliphatic heterocycles. The number of rotatable bonds is 6. The minimum atomic E-state index is -0.146.